The molecule has 0 aromatic heterocycles. The summed E-state index contributed by atoms with van der Waals surface area (Å²) in [4.78, 5) is 2.48. The minimum absolute atomic E-state index is 0.477. The normalized spacial score (nSPS) is 38.1. The van der Waals surface area contributed by atoms with Crippen LogP contribution in [0.3, 0.4) is 0 Å². The van der Waals surface area contributed by atoms with Crippen molar-refractivity contribution in [1.29, 1.82) is 0 Å². The van der Waals surface area contributed by atoms with E-state index in [1.807, 2.05) is 6.92 Å². The van der Waals surface area contributed by atoms with Crippen LogP contribution >= 0.6 is 11.8 Å². The van der Waals surface area contributed by atoms with E-state index < -0.39 is 5.60 Å². The lowest BCUT2D eigenvalue weighted by Gasteiger charge is -2.33. The number of β-amino-alcohol motifs (C(OH)–C–C–N with tert-alkyl or cyclic N) is 1. The second kappa shape index (κ2) is 3.44. The van der Waals surface area contributed by atoms with Gasteiger partial charge in [-0.1, -0.05) is 6.92 Å². The number of hydrogen-bond donors (Lipinski definition) is 1. The zero-order valence-corrected chi connectivity index (χ0v) is 9.31. The zero-order valence-electron chi connectivity index (χ0n) is 8.49. The second-order valence-electron chi connectivity index (χ2n) is 4.62. The summed E-state index contributed by atoms with van der Waals surface area (Å²) >= 11 is 2.11. The molecule has 2 fully saturated rings. The second-order valence-corrected chi connectivity index (χ2v) is 5.96. The van der Waals surface area contributed by atoms with Crippen molar-refractivity contribution in [2.75, 3.05) is 18.8 Å². The number of likely N-dealkylation sites (tertiary alicyclic amines) is 1. The van der Waals surface area contributed by atoms with Crippen LogP contribution < -0.4 is 0 Å². The Bertz CT molecular complexity index is 195. The van der Waals surface area contributed by atoms with E-state index in [9.17, 15) is 5.11 Å². The van der Waals surface area contributed by atoms with Gasteiger partial charge in [-0.25, -0.2) is 0 Å². The van der Waals surface area contributed by atoms with E-state index in [1.165, 1.54) is 18.7 Å². The first kappa shape index (κ1) is 9.81. The van der Waals surface area contributed by atoms with E-state index in [-0.39, 0.29) is 0 Å². The molecule has 2 aliphatic heterocycles. The fourth-order valence-electron chi connectivity index (χ4n) is 2.22. The van der Waals surface area contributed by atoms with Gasteiger partial charge in [0.25, 0.3) is 0 Å². The molecule has 3 heteroatoms. The lowest BCUT2D eigenvalue weighted by atomic mass is 10.0. The third kappa shape index (κ3) is 2.03. The monoisotopic (exact) mass is 201 g/mol. The average molecular weight is 201 g/mol. The molecule has 0 spiro atoms. The van der Waals surface area contributed by atoms with Gasteiger partial charge in [0.1, 0.15) is 0 Å². The van der Waals surface area contributed by atoms with Gasteiger partial charge in [0, 0.05) is 30.1 Å². The summed E-state index contributed by atoms with van der Waals surface area (Å²) < 4.78 is 0. The summed E-state index contributed by atoms with van der Waals surface area (Å²) in [6.45, 7) is 6.08. The topological polar surface area (TPSA) is 23.5 Å². The van der Waals surface area contributed by atoms with E-state index in [0.717, 1.165) is 24.3 Å². The standard InChI is InChI=1S/C10H19NOS/c1-3-10(2,12)7-11-5-9-4-8(11)6-13-9/h8-9,12H,3-7H2,1-2H3. The Balaban J connectivity index is 1.89. The minimum Gasteiger partial charge on any atom is -0.389 e. The van der Waals surface area contributed by atoms with Crippen LogP contribution in [0, 0.1) is 0 Å². The maximum absolute atomic E-state index is 9.96. The predicted octanol–water partition coefficient (Wildman–Crippen LogP) is 1.34. The van der Waals surface area contributed by atoms with Crippen molar-refractivity contribution in [1.82, 2.24) is 4.90 Å². The maximum Gasteiger partial charge on any atom is 0.0743 e. The van der Waals surface area contributed by atoms with Crippen LogP contribution in [0.4, 0.5) is 0 Å². The molecule has 13 heavy (non-hydrogen) atoms. The smallest absolute Gasteiger partial charge is 0.0743 e. The molecule has 0 amide bonds. The van der Waals surface area contributed by atoms with Gasteiger partial charge in [0.05, 0.1) is 5.60 Å². The van der Waals surface area contributed by atoms with Crippen molar-refractivity contribution < 1.29 is 5.11 Å². The van der Waals surface area contributed by atoms with Gasteiger partial charge in [-0.15, -0.1) is 0 Å². The highest BCUT2D eigenvalue weighted by atomic mass is 32.2. The highest BCUT2D eigenvalue weighted by Crippen LogP contribution is 2.38. The van der Waals surface area contributed by atoms with Crippen LogP contribution in [0.15, 0.2) is 0 Å². The van der Waals surface area contributed by atoms with E-state index in [0.29, 0.717) is 0 Å². The van der Waals surface area contributed by atoms with Crippen LogP contribution in [-0.4, -0.2) is 45.7 Å². The maximum atomic E-state index is 9.96. The third-order valence-electron chi connectivity index (χ3n) is 3.32. The summed E-state index contributed by atoms with van der Waals surface area (Å²) in [5, 5.41) is 10.8. The van der Waals surface area contributed by atoms with Crippen molar-refractivity contribution >= 4 is 11.8 Å². The molecule has 0 aromatic carbocycles. The molecular formula is C10H19NOS. The molecule has 0 saturated carbocycles. The van der Waals surface area contributed by atoms with Crippen molar-refractivity contribution in [3.63, 3.8) is 0 Å². The first-order valence-electron chi connectivity index (χ1n) is 5.19. The molecule has 2 aliphatic rings. The van der Waals surface area contributed by atoms with Crippen LogP contribution in [0.5, 0.6) is 0 Å². The molecule has 3 unspecified atom stereocenters. The number of nitrogens with zero attached hydrogens (tertiary/aromatic N) is 1. The lowest BCUT2D eigenvalue weighted by molar-refractivity contribution is 0.0145. The largest absolute Gasteiger partial charge is 0.389 e. The summed E-state index contributed by atoms with van der Waals surface area (Å²) in [5.74, 6) is 1.28. The average Bonchev–Trinajstić information content (AvgIpc) is 2.64. The Labute approximate surface area is 84.7 Å². The molecule has 0 aliphatic carbocycles. The molecule has 0 radical (unpaired) electrons. The molecular weight excluding hydrogens is 182 g/mol. The molecule has 3 atom stereocenters. The lowest BCUT2D eigenvalue weighted by Crippen LogP contribution is -2.44. The van der Waals surface area contributed by atoms with Gasteiger partial charge in [0.15, 0.2) is 0 Å². The van der Waals surface area contributed by atoms with Crippen LogP contribution in [0.25, 0.3) is 0 Å². The van der Waals surface area contributed by atoms with Gasteiger partial charge in [-0.2, -0.15) is 11.8 Å². The predicted molar refractivity (Wildman–Crippen MR) is 57.1 cm³/mol. The van der Waals surface area contributed by atoms with E-state index >= 15 is 0 Å². The fourth-order valence-corrected chi connectivity index (χ4v) is 3.72. The molecule has 2 heterocycles. The first-order chi connectivity index (χ1) is 6.11. The molecule has 2 rings (SSSR count). The van der Waals surface area contributed by atoms with Crippen molar-refractivity contribution in [2.24, 2.45) is 0 Å². The SMILES string of the molecule is CCC(C)(O)CN1CC2CC1CS2. The zero-order chi connectivity index (χ0) is 9.47. The molecule has 2 nitrogen and oxygen atoms in total. The van der Waals surface area contributed by atoms with Crippen molar-refractivity contribution in [2.45, 2.75) is 43.6 Å². The van der Waals surface area contributed by atoms with Gasteiger partial charge in [0.2, 0.25) is 0 Å². The Kier molecular flexibility index (Phi) is 2.60. The quantitative estimate of drug-likeness (QED) is 0.745. The Morgan fingerprint density at radius 2 is 2.38 bits per heavy atom. The fraction of sp³-hybridized carbons (Fsp3) is 1.00. The van der Waals surface area contributed by atoms with Crippen molar-refractivity contribution in [3.8, 4) is 0 Å². The highest BCUT2D eigenvalue weighted by Gasteiger charge is 2.40. The van der Waals surface area contributed by atoms with E-state index in [4.69, 9.17) is 0 Å². The molecule has 1 N–H and O–H groups in total. The first-order valence-corrected chi connectivity index (χ1v) is 6.23. The molecule has 0 aromatic rings. The van der Waals surface area contributed by atoms with Gasteiger partial charge >= 0.3 is 0 Å². The number of fused-ring (bicyclic) bond motifs is 2. The summed E-state index contributed by atoms with van der Waals surface area (Å²) in [5.41, 5.74) is -0.477. The Hall–Kier alpha value is 0.270. The van der Waals surface area contributed by atoms with Crippen LogP contribution in [0.1, 0.15) is 26.7 Å². The summed E-state index contributed by atoms with van der Waals surface area (Å²) in [6, 6.07) is 0.757. The number of hydrogen-bond acceptors (Lipinski definition) is 3. The van der Waals surface area contributed by atoms with E-state index in [1.54, 1.807) is 0 Å². The highest BCUT2D eigenvalue weighted by molar-refractivity contribution is 8.00. The number of thioether (sulfide) groups is 1. The van der Waals surface area contributed by atoms with Gasteiger partial charge in [-0.05, 0) is 19.8 Å². The van der Waals surface area contributed by atoms with Gasteiger partial charge in [-0.3, -0.25) is 4.90 Å². The summed E-state index contributed by atoms with van der Waals surface area (Å²) in [6.07, 6.45) is 2.21. The Morgan fingerprint density at radius 3 is 2.85 bits per heavy atom. The summed E-state index contributed by atoms with van der Waals surface area (Å²) in [7, 11) is 0. The molecule has 76 valence electrons. The molecule has 2 bridgehead atoms. The van der Waals surface area contributed by atoms with Crippen LogP contribution in [0.2, 0.25) is 0 Å². The number of aliphatic hydroxyl groups is 1. The minimum atomic E-state index is -0.477. The number of rotatable bonds is 3. The van der Waals surface area contributed by atoms with Gasteiger partial charge < -0.3 is 5.11 Å². The van der Waals surface area contributed by atoms with Crippen molar-refractivity contribution in [3.05, 3.63) is 0 Å². The molecule has 2 saturated heterocycles. The van der Waals surface area contributed by atoms with Crippen LogP contribution in [-0.2, 0) is 0 Å². The Morgan fingerprint density at radius 1 is 1.62 bits per heavy atom. The third-order valence-corrected chi connectivity index (χ3v) is 4.71. The van der Waals surface area contributed by atoms with E-state index in [2.05, 4.69) is 23.6 Å².